The molecule has 0 aliphatic carbocycles. The standard InChI is InChI=1S/C16H18F2N4O3S2/c1-27(24,25)22-6-4-21(5-7-22)9-15(23)20-16-19-14(10-26-16)12-8-11(17)2-3-13(12)18/h2-3,8,10H,4-7,9H2,1H3,(H,19,20,23). The molecule has 146 valence electrons. The summed E-state index contributed by atoms with van der Waals surface area (Å²) in [7, 11) is -3.22. The second-order valence-corrected chi connectivity index (χ2v) is 8.99. The molecule has 1 fully saturated rings. The van der Waals surface area contributed by atoms with E-state index in [1.807, 2.05) is 4.90 Å². The number of hydrogen-bond donors (Lipinski definition) is 1. The largest absolute Gasteiger partial charge is 0.301 e. The Morgan fingerprint density at radius 1 is 1.26 bits per heavy atom. The van der Waals surface area contributed by atoms with Crippen molar-refractivity contribution in [1.29, 1.82) is 0 Å². The highest BCUT2D eigenvalue weighted by Gasteiger charge is 2.24. The third-order valence-electron chi connectivity index (χ3n) is 4.12. The highest BCUT2D eigenvalue weighted by molar-refractivity contribution is 7.88. The maximum absolute atomic E-state index is 13.8. The lowest BCUT2D eigenvalue weighted by Crippen LogP contribution is -2.50. The quantitative estimate of drug-likeness (QED) is 0.801. The molecule has 0 radical (unpaired) electrons. The molecule has 11 heteroatoms. The number of carbonyl (C=O) groups is 1. The number of hydrogen-bond acceptors (Lipinski definition) is 6. The average Bonchev–Trinajstić information content (AvgIpc) is 3.04. The molecule has 2 aromatic rings. The van der Waals surface area contributed by atoms with E-state index < -0.39 is 21.7 Å². The molecule has 0 bridgehead atoms. The molecule has 3 rings (SSSR count). The summed E-state index contributed by atoms with van der Waals surface area (Å²) >= 11 is 1.11. The Morgan fingerprint density at radius 2 is 1.96 bits per heavy atom. The van der Waals surface area contributed by atoms with Gasteiger partial charge in [-0.3, -0.25) is 9.69 Å². The molecule has 0 spiro atoms. The Bertz CT molecular complexity index is 941. The molecular weight excluding hydrogens is 398 g/mol. The first kappa shape index (κ1) is 19.8. The predicted octanol–water partition coefficient (Wildman–Crippen LogP) is 1.60. The summed E-state index contributed by atoms with van der Waals surface area (Å²) in [6, 6.07) is 3.10. The van der Waals surface area contributed by atoms with Gasteiger partial charge in [0.05, 0.1) is 18.5 Å². The molecule has 0 atom stereocenters. The van der Waals surface area contributed by atoms with Crippen LogP contribution in [0.5, 0.6) is 0 Å². The monoisotopic (exact) mass is 416 g/mol. The van der Waals surface area contributed by atoms with Crippen molar-refractivity contribution >= 4 is 32.4 Å². The first-order valence-corrected chi connectivity index (χ1v) is 10.8. The number of nitrogens with zero attached hydrogens (tertiary/aromatic N) is 3. The lowest BCUT2D eigenvalue weighted by Gasteiger charge is -2.32. The Balaban J connectivity index is 1.57. The lowest BCUT2D eigenvalue weighted by atomic mass is 10.1. The van der Waals surface area contributed by atoms with Crippen LogP contribution in [0, 0.1) is 11.6 Å². The molecule has 1 aliphatic heterocycles. The maximum atomic E-state index is 13.8. The molecule has 1 saturated heterocycles. The summed E-state index contributed by atoms with van der Waals surface area (Å²) in [5.41, 5.74) is 0.276. The number of amides is 1. The van der Waals surface area contributed by atoms with Crippen molar-refractivity contribution in [3.05, 3.63) is 35.2 Å². The van der Waals surface area contributed by atoms with Gasteiger partial charge in [-0.15, -0.1) is 11.3 Å². The summed E-state index contributed by atoms with van der Waals surface area (Å²) in [5.74, 6) is -1.47. The fourth-order valence-electron chi connectivity index (χ4n) is 2.73. The number of carbonyl (C=O) groups excluding carboxylic acids is 1. The average molecular weight is 416 g/mol. The zero-order valence-corrected chi connectivity index (χ0v) is 16.1. The van der Waals surface area contributed by atoms with E-state index in [-0.39, 0.29) is 28.8 Å². The van der Waals surface area contributed by atoms with E-state index in [9.17, 15) is 22.0 Å². The number of anilines is 1. The fraction of sp³-hybridized carbons (Fsp3) is 0.375. The Morgan fingerprint density at radius 3 is 2.63 bits per heavy atom. The summed E-state index contributed by atoms with van der Waals surface area (Å²) in [6.07, 6.45) is 1.16. The molecule has 1 amide bonds. The molecule has 2 heterocycles. The van der Waals surface area contributed by atoms with E-state index in [0.29, 0.717) is 26.2 Å². The van der Waals surface area contributed by atoms with Gasteiger partial charge >= 0.3 is 0 Å². The van der Waals surface area contributed by atoms with Gasteiger partial charge in [-0.25, -0.2) is 22.2 Å². The fourth-order valence-corrected chi connectivity index (χ4v) is 4.28. The van der Waals surface area contributed by atoms with Crippen LogP contribution >= 0.6 is 11.3 Å². The van der Waals surface area contributed by atoms with Gasteiger partial charge in [0.1, 0.15) is 11.6 Å². The smallest absolute Gasteiger partial charge is 0.240 e. The number of sulfonamides is 1. The maximum Gasteiger partial charge on any atom is 0.240 e. The van der Waals surface area contributed by atoms with Crippen LogP contribution < -0.4 is 5.32 Å². The van der Waals surface area contributed by atoms with Crippen LogP contribution in [0.1, 0.15) is 0 Å². The molecule has 1 aromatic heterocycles. The minimum atomic E-state index is -3.22. The van der Waals surface area contributed by atoms with E-state index in [1.54, 1.807) is 5.38 Å². The molecule has 1 aliphatic rings. The molecule has 0 unspecified atom stereocenters. The molecule has 0 saturated carbocycles. The van der Waals surface area contributed by atoms with Crippen LogP contribution in [0.4, 0.5) is 13.9 Å². The van der Waals surface area contributed by atoms with E-state index in [2.05, 4.69) is 10.3 Å². The predicted molar refractivity (Wildman–Crippen MR) is 99.0 cm³/mol. The van der Waals surface area contributed by atoms with Crippen LogP contribution in [0.2, 0.25) is 0 Å². The summed E-state index contributed by atoms with van der Waals surface area (Å²) < 4.78 is 51.5. The van der Waals surface area contributed by atoms with Crippen molar-refractivity contribution in [3.8, 4) is 11.3 Å². The molecule has 1 aromatic carbocycles. The number of nitrogens with one attached hydrogen (secondary N) is 1. The van der Waals surface area contributed by atoms with Crippen LogP contribution in [-0.4, -0.2) is 67.5 Å². The molecular formula is C16H18F2N4O3S2. The van der Waals surface area contributed by atoms with Crippen LogP contribution in [0.25, 0.3) is 11.3 Å². The van der Waals surface area contributed by atoms with Crippen molar-refractivity contribution in [2.24, 2.45) is 0 Å². The van der Waals surface area contributed by atoms with Crippen molar-refractivity contribution in [3.63, 3.8) is 0 Å². The van der Waals surface area contributed by atoms with Gasteiger partial charge in [0.2, 0.25) is 15.9 Å². The van der Waals surface area contributed by atoms with Gasteiger partial charge in [-0.05, 0) is 18.2 Å². The van der Waals surface area contributed by atoms with Gasteiger partial charge in [-0.1, -0.05) is 0 Å². The number of benzene rings is 1. The van der Waals surface area contributed by atoms with Crippen LogP contribution in [0.3, 0.4) is 0 Å². The van der Waals surface area contributed by atoms with E-state index in [4.69, 9.17) is 0 Å². The second kappa shape index (κ2) is 7.97. The number of piperazine rings is 1. The van der Waals surface area contributed by atoms with Crippen molar-refractivity contribution in [2.75, 3.05) is 44.3 Å². The SMILES string of the molecule is CS(=O)(=O)N1CCN(CC(=O)Nc2nc(-c3cc(F)ccc3F)cs2)CC1. The van der Waals surface area contributed by atoms with Crippen molar-refractivity contribution < 1.29 is 22.0 Å². The van der Waals surface area contributed by atoms with Gasteiger partial charge in [0, 0.05) is 37.1 Å². The highest BCUT2D eigenvalue weighted by Crippen LogP contribution is 2.27. The topological polar surface area (TPSA) is 82.6 Å². The number of rotatable bonds is 5. The number of thiazole rings is 1. The van der Waals surface area contributed by atoms with Crippen molar-refractivity contribution in [2.45, 2.75) is 0 Å². The van der Waals surface area contributed by atoms with E-state index in [0.717, 1.165) is 35.8 Å². The summed E-state index contributed by atoms with van der Waals surface area (Å²) in [6.45, 7) is 1.69. The molecule has 1 N–H and O–H groups in total. The first-order valence-electron chi connectivity index (χ1n) is 8.10. The normalized spacial score (nSPS) is 16.4. The van der Waals surface area contributed by atoms with E-state index >= 15 is 0 Å². The minimum Gasteiger partial charge on any atom is -0.301 e. The first-order chi connectivity index (χ1) is 12.7. The second-order valence-electron chi connectivity index (χ2n) is 6.15. The zero-order valence-electron chi connectivity index (χ0n) is 14.5. The van der Waals surface area contributed by atoms with Crippen LogP contribution in [0.15, 0.2) is 23.6 Å². The summed E-state index contributed by atoms with van der Waals surface area (Å²) in [4.78, 5) is 18.2. The molecule has 27 heavy (non-hydrogen) atoms. The van der Waals surface area contributed by atoms with Gasteiger partial charge in [0.25, 0.3) is 0 Å². The van der Waals surface area contributed by atoms with Gasteiger partial charge in [0.15, 0.2) is 5.13 Å². The van der Waals surface area contributed by atoms with Gasteiger partial charge < -0.3 is 5.32 Å². The van der Waals surface area contributed by atoms with Gasteiger partial charge in [-0.2, -0.15) is 4.31 Å². The summed E-state index contributed by atoms with van der Waals surface area (Å²) in [5, 5.41) is 4.46. The zero-order chi connectivity index (χ0) is 19.6. The third kappa shape index (κ3) is 5.06. The number of aromatic nitrogens is 1. The number of halogens is 2. The lowest BCUT2D eigenvalue weighted by molar-refractivity contribution is -0.117. The Labute approximate surface area is 159 Å². The van der Waals surface area contributed by atoms with Crippen molar-refractivity contribution in [1.82, 2.24) is 14.2 Å². The van der Waals surface area contributed by atoms with Crippen LogP contribution in [-0.2, 0) is 14.8 Å². The Kier molecular flexibility index (Phi) is 5.84. The third-order valence-corrected chi connectivity index (χ3v) is 6.18. The minimum absolute atomic E-state index is 0.0312. The molecule has 7 nitrogen and oxygen atoms in total. The van der Waals surface area contributed by atoms with E-state index in [1.165, 1.54) is 4.31 Å². The Hall–Kier alpha value is -1.95. The highest BCUT2D eigenvalue weighted by atomic mass is 32.2.